The molecule has 2 aliphatic heterocycles. The molecule has 0 atom stereocenters. The second kappa shape index (κ2) is 18.7. The number of fused-ring (bicyclic) bond motifs is 4. The molecular formula is C46H60N8O10S2. The Balaban J connectivity index is 0.000000150. The van der Waals surface area contributed by atoms with Crippen LogP contribution in [0.25, 0.3) is 0 Å². The number of primary sulfonamides is 1. The molecule has 2 amide bonds. The van der Waals surface area contributed by atoms with Gasteiger partial charge in [0.05, 0.1) is 37.8 Å². The second-order valence-electron chi connectivity index (χ2n) is 18.4. The van der Waals surface area contributed by atoms with Crippen molar-refractivity contribution in [2.45, 2.75) is 138 Å². The first-order chi connectivity index (χ1) is 31.4. The Morgan fingerprint density at radius 2 is 1.11 bits per heavy atom. The lowest BCUT2D eigenvalue weighted by Crippen LogP contribution is -2.49. The zero-order chi connectivity index (χ0) is 47.2. The van der Waals surface area contributed by atoms with E-state index in [2.05, 4.69) is 32.4 Å². The fraction of sp³-hybridized carbons (Fsp3) is 0.565. The third-order valence-corrected chi connectivity index (χ3v) is 15.5. The molecule has 4 aromatic rings. The summed E-state index contributed by atoms with van der Waals surface area (Å²) in [4.78, 5) is 12.9. The molecule has 2 fully saturated rings. The van der Waals surface area contributed by atoms with Gasteiger partial charge in [0.15, 0.2) is 21.3 Å². The molecule has 4 heterocycles. The van der Waals surface area contributed by atoms with Crippen LogP contribution in [-0.4, -0.2) is 83.1 Å². The van der Waals surface area contributed by atoms with E-state index in [4.69, 9.17) is 34.1 Å². The smallest absolute Gasteiger partial charge is 0.333 e. The number of nitriles is 1. The topological polar surface area (TPSA) is 241 Å². The fourth-order valence-corrected chi connectivity index (χ4v) is 11.4. The minimum Gasteiger partial charge on any atom is -0.387 e. The number of nitrogens with zero attached hydrogens (tertiary/aromatic N) is 5. The van der Waals surface area contributed by atoms with Gasteiger partial charge in [0.1, 0.15) is 5.75 Å². The lowest BCUT2D eigenvalue weighted by atomic mass is 9.97. The van der Waals surface area contributed by atoms with Crippen molar-refractivity contribution in [3.8, 4) is 12.0 Å². The number of aryl methyl sites for hydroxylation is 4. The predicted molar refractivity (Wildman–Crippen MR) is 242 cm³/mol. The number of carbonyl (C=O) groups is 1. The van der Waals surface area contributed by atoms with Gasteiger partial charge in [-0.25, -0.2) is 23.1 Å². The van der Waals surface area contributed by atoms with E-state index in [0.717, 1.165) is 86.8 Å². The maximum absolute atomic E-state index is 13.1. The van der Waals surface area contributed by atoms with Crippen LogP contribution < -0.4 is 19.9 Å². The highest BCUT2D eigenvalue weighted by atomic mass is 32.2. The van der Waals surface area contributed by atoms with E-state index in [9.17, 15) is 21.6 Å². The molecule has 0 radical (unpaired) electrons. The number of anilines is 1. The first kappa shape index (κ1) is 47.6. The Labute approximate surface area is 386 Å². The van der Waals surface area contributed by atoms with E-state index in [0.29, 0.717) is 37.8 Å². The van der Waals surface area contributed by atoms with Gasteiger partial charge in [-0.3, -0.25) is 9.36 Å². The summed E-state index contributed by atoms with van der Waals surface area (Å²) in [6.07, 6.45) is 14.6. The lowest BCUT2D eigenvalue weighted by molar-refractivity contribution is -0.206. The van der Waals surface area contributed by atoms with E-state index in [1.807, 2.05) is 34.0 Å². The zero-order valence-corrected chi connectivity index (χ0v) is 40.1. The standard InChI is InChI=1S/C23H30N4O5S.C13H13NO.C10H17N3O4S/c1-14(2)27-19(23(31-3)12-32-13-23)11-20(25-27)33(29,30)26-22(28)24-21-17-8-4-6-15(17)10-16-7-5-9-18(16)21;14-8-15-13-11-5-1-3-9(11)7-10-4-2-6-12(10)13;1-7(2)13-8(10(16-3)5-17-6-10)4-9(12-13)18(11,14)15/h10-11,14H,4-9,12-13H2,1-3H3,(H2,24,26,28);7H,1-6H2;4,7H,5-6H2,1-3H3,(H2,11,14,15). The predicted octanol–water partition coefficient (Wildman–Crippen LogP) is 5.33. The Morgan fingerprint density at radius 1 is 0.697 bits per heavy atom. The van der Waals surface area contributed by atoms with E-state index >= 15 is 0 Å². The third kappa shape index (κ3) is 8.98. The number of hydrogen-bond donors (Lipinski definition) is 3. The molecule has 4 N–H and O–H groups in total. The van der Waals surface area contributed by atoms with Crippen molar-refractivity contribution in [3.05, 3.63) is 80.2 Å². The third-order valence-electron chi connectivity index (χ3n) is 13.5. The average Bonchev–Trinajstić information content (AvgIpc) is 4.09. The molecule has 0 saturated carbocycles. The number of sulfonamides is 2. The van der Waals surface area contributed by atoms with Gasteiger partial charge in [-0.2, -0.15) is 18.6 Å². The number of methoxy groups -OCH3 is 2. The number of nitrogens with two attached hydrogens (primary N) is 1. The molecule has 6 aliphatic rings. The van der Waals surface area contributed by atoms with Crippen LogP contribution in [-0.2, 0) is 102 Å². The minimum atomic E-state index is -4.19. The molecule has 10 rings (SSSR count). The van der Waals surface area contributed by atoms with E-state index < -0.39 is 37.3 Å². The number of aromatic nitrogens is 4. The molecule has 0 bridgehead atoms. The van der Waals surface area contributed by atoms with Crippen LogP contribution in [0, 0.1) is 11.5 Å². The Kier molecular flexibility index (Phi) is 13.5. The van der Waals surface area contributed by atoms with Crippen molar-refractivity contribution >= 4 is 31.8 Å². The molecule has 4 aliphatic carbocycles. The minimum absolute atomic E-state index is 0.00289. The van der Waals surface area contributed by atoms with Crippen LogP contribution in [0.2, 0.25) is 0 Å². The Bertz CT molecular complexity index is 2710. The quantitative estimate of drug-likeness (QED) is 0.161. The van der Waals surface area contributed by atoms with Crippen molar-refractivity contribution in [1.29, 1.82) is 5.26 Å². The summed E-state index contributed by atoms with van der Waals surface area (Å²) in [6, 6.07) is 6.68. The number of carbonyl (C=O) groups excluding carboxylic acids is 1. The molecule has 2 aromatic heterocycles. The highest BCUT2D eigenvalue weighted by Crippen LogP contribution is 2.42. The normalized spacial score (nSPS) is 18.4. The van der Waals surface area contributed by atoms with Gasteiger partial charge in [-0.05, 0) is 149 Å². The van der Waals surface area contributed by atoms with Gasteiger partial charge in [-0.1, -0.05) is 12.1 Å². The van der Waals surface area contributed by atoms with Crippen molar-refractivity contribution in [2.24, 2.45) is 5.14 Å². The van der Waals surface area contributed by atoms with Gasteiger partial charge < -0.3 is 29.0 Å². The van der Waals surface area contributed by atoms with Crippen LogP contribution in [0.3, 0.4) is 0 Å². The molecule has 0 spiro atoms. The number of hydrogen-bond acceptors (Lipinski definition) is 13. The van der Waals surface area contributed by atoms with Crippen LogP contribution in [0.5, 0.6) is 5.75 Å². The number of nitrogens with one attached hydrogen (secondary N) is 2. The highest BCUT2D eigenvalue weighted by Gasteiger charge is 2.46. The molecule has 66 heavy (non-hydrogen) atoms. The van der Waals surface area contributed by atoms with Crippen LogP contribution >= 0.6 is 0 Å². The van der Waals surface area contributed by atoms with Gasteiger partial charge in [-0.15, -0.1) is 5.26 Å². The molecule has 2 aromatic carbocycles. The number of amides is 2. The summed E-state index contributed by atoms with van der Waals surface area (Å²) in [5.74, 6) is 0.903. The van der Waals surface area contributed by atoms with E-state index in [1.165, 1.54) is 58.4 Å². The highest BCUT2D eigenvalue weighted by molar-refractivity contribution is 7.90. The summed E-state index contributed by atoms with van der Waals surface area (Å²) in [5, 5.41) is 24.7. The van der Waals surface area contributed by atoms with Crippen LogP contribution in [0.15, 0.2) is 34.3 Å². The Hall–Kier alpha value is -4.88. The summed E-state index contributed by atoms with van der Waals surface area (Å²) < 4.78 is 81.1. The largest absolute Gasteiger partial charge is 0.387 e. The van der Waals surface area contributed by atoms with Gasteiger partial charge in [0, 0.05) is 44.1 Å². The van der Waals surface area contributed by atoms with Gasteiger partial charge in [0.25, 0.3) is 26.3 Å². The SMILES string of the molecule is COC1(c2cc(S(=O)(=O)NC(=O)Nc3c4c(cc5c3CCC5)CCC4)nn2C(C)C)COC1.COC1(c2cc(S(N)(=O)=O)nn2C(C)C)COC1.N#COc1c2c(cc3c1CCC3)CCC2. The molecule has 20 heteroatoms. The summed E-state index contributed by atoms with van der Waals surface area (Å²) in [7, 11) is -4.87. The second-order valence-corrected chi connectivity index (χ2v) is 21.6. The molecule has 356 valence electrons. The van der Waals surface area contributed by atoms with Crippen LogP contribution in [0.1, 0.15) is 121 Å². The number of benzene rings is 2. The van der Waals surface area contributed by atoms with Crippen molar-refractivity contribution < 1.29 is 45.3 Å². The first-order valence-electron chi connectivity index (χ1n) is 22.7. The van der Waals surface area contributed by atoms with Crippen LogP contribution in [0.4, 0.5) is 10.5 Å². The zero-order valence-electron chi connectivity index (χ0n) is 38.5. The molecule has 18 nitrogen and oxygen atoms in total. The van der Waals surface area contributed by atoms with Crippen molar-refractivity contribution in [3.63, 3.8) is 0 Å². The monoisotopic (exact) mass is 948 g/mol. The van der Waals surface area contributed by atoms with Gasteiger partial charge in [0.2, 0.25) is 0 Å². The van der Waals surface area contributed by atoms with Crippen molar-refractivity contribution in [2.75, 3.05) is 46.0 Å². The number of urea groups is 1. The molecular weight excluding hydrogens is 889 g/mol. The summed E-state index contributed by atoms with van der Waals surface area (Å²) >= 11 is 0. The average molecular weight is 949 g/mol. The van der Waals surface area contributed by atoms with E-state index in [1.54, 1.807) is 23.6 Å². The molecule has 2 saturated heterocycles. The maximum atomic E-state index is 13.1. The number of ether oxygens (including phenoxy) is 5. The first-order valence-corrected chi connectivity index (χ1v) is 25.7. The van der Waals surface area contributed by atoms with Gasteiger partial charge >= 0.3 is 6.03 Å². The summed E-state index contributed by atoms with van der Waals surface area (Å²) in [5.41, 5.74) is 11.0. The molecule has 0 unspecified atom stereocenters. The number of rotatable bonds is 11. The van der Waals surface area contributed by atoms with Crippen molar-refractivity contribution in [1.82, 2.24) is 24.3 Å². The maximum Gasteiger partial charge on any atom is 0.333 e. The Morgan fingerprint density at radius 3 is 1.48 bits per heavy atom. The lowest BCUT2D eigenvalue weighted by Gasteiger charge is -2.40. The summed E-state index contributed by atoms with van der Waals surface area (Å²) in [6.45, 7) is 9.04. The fourth-order valence-electron chi connectivity index (χ4n) is 10.0. The van der Waals surface area contributed by atoms with E-state index in [-0.39, 0.29) is 22.1 Å².